The van der Waals surface area contributed by atoms with Gasteiger partial charge in [-0.15, -0.1) is 0 Å². The van der Waals surface area contributed by atoms with Crippen molar-refractivity contribution in [1.82, 2.24) is 10.2 Å². The average Bonchev–Trinajstić information content (AvgIpc) is 2.56. The van der Waals surface area contributed by atoms with Crippen LogP contribution in [0.2, 0.25) is 0 Å². The Bertz CT molecular complexity index is 704. The lowest BCUT2D eigenvalue weighted by Gasteiger charge is -2.34. The summed E-state index contributed by atoms with van der Waals surface area (Å²) in [5, 5.41) is 5.87. The highest BCUT2D eigenvalue weighted by Crippen LogP contribution is 2.22. The highest BCUT2D eigenvalue weighted by atomic mass is 16.2. The molecular weight excluding hydrogens is 296 g/mol. The lowest BCUT2D eigenvalue weighted by atomic mass is 9.94. The van der Waals surface area contributed by atoms with E-state index in [1.807, 2.05) is 20.8 Å². The maximum Gasteiger partial charge on any atom is 0.225 e. The van der Waals surface area contributed by atoms with Gasteiger partial charge in [0.1, 0.15) is 0 Å². The minimum atomic E-state index is -0.305. The van der Waals surface area contributed by atoms with Crippen LogP contribution in [0.5, 0.6) is 0 Å². The standard InChI is InChI=1S/C21H28N2O/c1-21(2,3)20(24)22-18-11-13-23(14-12-18)15-17-9-6-8-16-7-4-5-10-19(16)17/h4-10,18H,11-15H2,1-3H3,(H,22,24). The molecular formula is C21H28N2O. The van der Waals surface area contributed by atoms with E-state index in [0.29, 0.717) is 6.04 Å². The molecule has 0 aromatic heterocycles. The van der Waals surface area contributed by atoms with Gasteiger partial charge < -0.3 is 5.32 Å². The molecule has 0 saturated carbocycles. The molecule has 0 unspecified atom stereocenters. The zero-order valence-corrected chi connectivity index (χ0v) is 15.0. The zero-order chi connectivity index (χ0) is 17.2. The van der Waals surface area contributed by atoms with E-state index < -0.39 is 0 Å². The molecule has 2 aromatic rings. The minimum absolute atomic E-state index is 0.162. The van der Waals surface area contributed by atoms with Crippen LogP contribution in [0.1, 0.15) is 39.2 Å². The van der Waals surface area contributed by atoms with Crippen LogP contribution in [0.15, 0.2) is 42.5 Å². The lowest BCUT2D eigenvalue weighted by molar-refractivity contribution is -0.129. The highest BCUT2D eigenvalue weighted by molar-refractivity contribution is 5.85. The van der Waals surface area contributed by atoms with Gasteiger partial charge in [-0.05, 0) is 29.2 Å². The summed E-state index contributed by atoms with van der Waals surface area (Å²) >= 11 is 0. The lowest BCUT2D eigenvalue weighted by Crippen LogP contribution is -2.47. The van der Waals surface area contributed by atoms with Gasteiger partial charge in [0.25, 0.3) is 0 Å². The number of amides is 1. The van der Waals surface area contributed by atoms with Crippen molar-refractivity contribution in [2.45, 2.75) is 46.2 Å². The fourth-order valence-electron chi connectivity index (χ4n) is 3.31. The first-order chi connectivity index (χ1) is 11.4. The molecule has 1 amide bonds. The number of carbonyl (C=O) groups excluding carboxylic acids is 1. The summed E-state index contributed by atoms with van der Waals surface area (Å²) < 4.78 is 0. The molecule has 0 aliphatic carbocycles. The maximum absolute atomic E-state index is 12.1. The molecule has 2 aromatic carbocycles. The quantitative estimate of drug-likeness (QED) is 0.926. The van der Waals surface area contributed by atoms with Crippen LogP contribution in [0.25, 0.3) is 10.8 Å². The zero-order valence-electron chi connectivity index (χ0n) is 15.0. The Morgan fingerprint density at radius 3 is 2.46 bits per heavy atom. The molecule has 0 spiro atoms. The topological polar surface area (TPSA) is 32.3 Å². The summed E-state index contributed by atoms with van der Waals surface area (Å²) in [6.45, 7) is 8.98. The SMILES string of the molecule is CC(C)(C)C(=O)NC1CCN(Cc2cccc3ccccc23)CC1. The van der Waals surface area contributed by atoms with Crippen molar-refractivity contribution in [3.8, 4) is 0 Å². The van der Waals surface area contributed by atoms with Gasteiger partial charge in [0.15, 0.2) is 0 Å². The van der Waals surface area contributed by atoms with E-state index in [1.54, 1.807) is 0 Å². The van der Waals surface area contributed by atoms with Crippen molar-refractivity contribution in [1.29, 1.82) is 0 Å². The van der Waals surface area contributed by atoms with E-state index in [0.717, 1.165) is 32.5 Å². The average molecular weight is 324 g/mol. The summed E-state index contributed by atoms with van der Waals surface area (Å²) in [5.41, 5.74) is 1.09. The van der Waals surface area contributed by atoms with E-state index in [4.69, 9.17) is 0 Å². The predicted octanol–water partition coefficient (Wildman–Crippen LogP) is 3.97. The molecule has 24 heavy (non-hydrogen) atoms. The third-order valence-electron chi connectivity index (χ3n) is 4.88. The third kappa shape index (κ3) is 3.96. The second kappa shape index (κ2) is 6.94. The van der Waals surface area contributed by atoms with Crippen molar-refractivity contribution < 1.29 is 4.79 Å². The molecule has 1 heterocycles. The molecule has 1 aliphatic heterocycles. The Balaban J connectivity index is 1.58. The number of hydrogen-bond donors (Lipinski definition) is 1. The monoisotopic (exact) mass is 324 g/mol. The summed E-state index contributed by atoms with van der Waals surface area (Å²) in [5.74, 6) is 0.162. The molecule has 0 bridgehead atoms. The van der Waals surface area contributed by atoms with Crippen molar-refractivity contribution in [2.75, 3.05) is 13.1 Å². The largest absolute Gasteiger partial charge is 0.353 e. The van der Waals surface area contributed by atoms with E-state index in [9.17, 15) is 4.79 Å². The predicted molar refractivity (Wildman–Crippen MR) is 99.8 cm³/mol. The van der Waals surface area contributed by atoms with Crippen molar-refractivity contribution in [3.05, 3.63) is 48.0 Å². The Hall–Kier alpha value is -1.87. The van der Waals surface area contributed by atoms with Crippen LogP contribution in [-0.4, -0.2) is 29.9 Å². The van der Waals surface area contributed by atoms with Crippen molar-refractivity contribution in [3.63, 3.8) is 0 Å². The van der Waals surface area contributed by atoms with E-state index in [1.165, 1.54) is 16.3 Å². The third-order valence-corrected chi connectivity index (χ3v) is 4.88. The van der Waals surface area contributed by atoms with E-state index >= 15 is 0 Å². The van der Waals surface area contributed by atoms with Crippen LogP contribution in [-0.2, 0) is 11.3 Å². The minimum Gasteiger partial charge on any atom is -0.353 e. The summed E-state index contributed by atoms with van der Waals surface area (Å²) in [7, 11) is 0. The Labute approximate surface area is 145 Å². The van der Waals surface area contributed by atoms with Gasteiger partial charge in [-0.2, -0.15) is 0 Å². The Kier molecular flexibility index (Phi) is 4.91. The Morgan fingerprint density at radius 1 is 1.08 bits per heavy atom. The number of carbonyl (C=O) groups is 1. The van der Waals surface area contributed by atoms with Crippen LogP contribution < -0.4 is 5.32 Å². The molecule has 1 saturated heterocycles. The first-order valence-electron chi connectivity index (χ1n) is 8.93. The van der Waals surface area contributed by atoms with E-state index in [2.05, 4.69) is 52.7 Å². The number of rotatable bonds is 3. The molecule has 1 aliphatic rings. The van der Waals surface area contributed by atoms with Crippen LogP contribution in [0.4, 0.5) is 0 Å². The number of likely N-dealkylation sites (tertiary alicyclic amines) is 1. The van der Waals surface area contributed by atoms with Crippen LogP contribution >= 0.6 is 0 Å². The summed E-state index contributed by atoms with van der Waals surface area (Å²) in [6, 6.07) is 15.5. The van der Waals surface area contributed by atoms with Gasteiger partial charge in [0.2, 0.25) is 5.91 Å². The number of benzene rings is 2. The number of hydrogen-bond acceptors (Lipinski definition) is 2. The molecule has 0 atom stereocenters. The maximum atomic E-state index is 12.1. The molecule has 3 rings (SSSR count). The van der Waals surface area contributed by atoms with Gasteiger partial charge >= 0.3 is 0 Å². The second-order valence-corrected chi connectivity index (χ2v) is 7.91. The summed E-state index contributed by atoms with van der Waals surface area (Å²) in [6.07, 6.45) is 2.07. The van der Waals surface area contributed by atoms with Crippen LogP contribution in [0, 0.1) is 5.41 Å². The van der Waals surface area contributed by atoms with E-state index in [-0.39, 0.29) is 11.3 Å². The van der Waals surface area contributed by atoms with Crippen LogP contribution in [0.3, 0.4) is 0 Å². The molecule has 0 radical (unpaired) electrons. The van der Waals surface area contributed by atoms with Gasteiger partial charge in [0, 0.05) is 31.1 Å². The number of nitrogens with zero attached hydrogens (tertiary/aromatic N) is 1. The van der Waals surface area contributed by atoms with Gasteiger partial charge in [-0.1, -0.05) is 63.2 Å². The second-order valence-electron chi connectivity index (χ2n) is 7.91. The summed E-state index contributed by atoms with van der Waals surface area (Å²) in [4.78, 5) is 14.6. The first kappa shape index (κ1) is 17.0. The first-order valence-corrected chi connectivity index (χ1v) is 8.93. The van der Waals surface area contributed by atoms with Gasteiger partial charge in [0.05, 0.1) is 0 Å². The van der Waals surface area contributed by atoms with Gasteiger partial charge in [-0.3, -0.25) is 9.69 Å². The van der Waals surface area contributed by atoms with Crippen molar-refractivity contribution >= 4 is 16.7 Å². The molecule has 1 N–H and O–H groups in total. The van der Waals surface area contributed by atoms with Gasteiger partial charge in [-0.25, -0.2) is 0 Å². The molecule has 1 fully saturated rings. The normalized spacial score (nSPS) is 17.1. The fourth-order valence-corrected chi connectivity index (χ4v) is 3.31. The number of piperidine rings is 1. The smallest absolute Gasteiger partial charge is 0.225 e. The molecule has 3 heteroatoms. The Morgan fingerprint density at radius 2 is 1.75 bits per heavy atom. The molecule has 128 valence electrons. The number of fused-ring (bicyclic) bond motifs is 1. The number of nitrogens with one attached hydrogen (secondary N) is 1. The molecule has 3 nitrogen and oxygen atoms in total. The fraction of sp³-hybridized carbons (Fsp3) is 0.476. The highest BCUT2D eigenvalue weighted by Gasteiger charge is 2.26. The van der Waals surface area contributed by atoms with Crippen molar-refractivity contribution in [2.24, 2.45) is 5.41 Å².